The highest BCUT2D eigenvalue weighted by atomic mass is 16.6. The zero-order chi connectivity index (χ0) is 14.2. The van der Waals surface area contributed by atoms with E-state index < -0.39 is 0 Å². The molecule has 2 rings (SSSR count). The van der Waals surface area contributed by atoms with Crippen LogP contribution in [-0.2, 0) is 11.3 Å². The minimum absolute atomic E-state index is 0.229. The monoisotopic (exact) mass is 277 g/mol. The molecule has 0 bridgehead atoms. The van der Waals surface area contributed by atoms with Crippen LogP contribution in [0.15, 0.2) is 30.3 Å². The van der Waals surface area contributed by atoms with Crippen molar-refractivity contribution < 1.29 is 9.53 Å². The number of ether oxygens (including phenoxy) is 1. The summed E-state index contributed by atoms with van der Waals surface area (Å²) < 4.78 is 5.35. The molecule has 5 heteroatoms. The van der Waals surface area contributed by atoms with E-state index in [-0.39, 0.29) is 6.09 Å². The Hall–Kier alpha value is -1.59. The minimum atomic E-state index is -0.229. The number of likely N-dealkylation sites (tertiary alicyclic amines) is 1. The van der Waals surface area contributed by atoms with Crippen molar-refractivity contribution in [2.24, 2.45) is 5.73 Å². The number of benzene rings is 1. The zero-order valence-corrected chi connectivity index (χ0v) is 11.8. The summed E-state index contributed by atoms with van der Waals surface area (Å²) in [6, 6.07) is 10.1. The maximum atomic E-state index is 12.0. The topological polar surface area (TPSA) is 67.6 Å². The van der Waals surface area contributed by atoms with Gasteiger partial charge in [-0.2, -0.15) is 0 Å². The van der Waals surface area contributed by atoms with E-state index in [0.29, 0.717) is 25.7 Å². The molecule has 1 fully saturated rings. The van der Waals surface area contributed by atoms with E-state index in [1.165, 1.54) is 0 Å². The van der Waals surface area contributed by atoms with Crippen molar-refractivity contribution in [2.45, 2.75) is 25.5 Å². The van der Waals surface area contributed by atoms with Crippen molar-refractivity contribution in [1.29, 1.82) is 0 Å². The molecule has 1 unspecified atom stereocenters. The third-order valence-electron chi connectivity index (χ3n) is 3.46. The zero-order valence-electron chi connectivity index (χ0n) is 11.8. The second kappa shape index (κ2) is 7.87. The van der Waals surface area contributed by atoms with Crippen molar-refractivity contribution in [1.82, 2.24) is 10.2 Å². The third-order valence-corrected chi connectivity index (χ3v) is 3.46. The summed E-state index contributed by atoms with van der Waals surface area (Å²) in [4.78, 5) is 13.8. The molecule has 1 aliphatic heterocycles. The molecular formula is C15H23N3O2. The number of hydrogen-bond acceptors (Lipinski definition) is 4. The van der Waals surface area contributed by atoms with Gasteiger partial charge in [0, 0.05) is 32.2 Å². The van der Waals surface area contributed by atoms with Gasteiger partial charge in [-0.25, -0.2) is 4.79 Å². The Labute approximate surface area is 120 Å². The Morgan fingerprint density at radius 1 is 1.40 bits per heavy atom. The summed E-state index contributed by atoms with van der Waals surface area (Å²) in [5.41, 5.74) is 6.49. The number of nitrogens with zero attached hydrogens (tertiary/aromatic N) is 1. The van der Waals surface area contributed by atoms with Crippen LogP contribution in [0.4, 0.5) is 4.79 Å². The fraction of sp³-hybridized carbons (Fsp3) is 0.533. The number of nitrogens with one attached hydrogen (secondary N) is 1. The fourth-order valence-electron chi connectivity index (χ4n) is 2.41. The number of piperidine rings is 1. The Bertz CT molecular complexity index is 411. The number of amides is 1. The van der Waals surface area contributed by atoms with Crippen LogP contribution >= 0.6 is 0 Å². The van der Waals surface area contributed by atoms with E-state index in [2.05, 4.69) is 5.32 Å². The van der Waals surface area contributed by atoms with Crippen LogP contribution in [0, 0.1) is 0 Å². The number of nitrogens with two attached hydrogens (primary N) is 1. The summed E-state index contributed by atoms with van der Waals surface area (Å²) in [6.07, 6.45) is 1.86. The van der Waals surface area contributed by atoms with Crippen LogP contribution in [-0.4, -0.2) is 43.2 Å². The first-order valence-electron chi connectivity index (χ1n) is 7.18. The van der Waals surface area contributed by atoms with Crippen LogP contribution in [0.25, 0.3) is 0 Å². The molecule has 0 aromatic heterocycles. The van der Waals surface area contributed by atoms with Crippen molar-refractivity contribution in [3.63, 3.8) is 0 Å². The van der Waals surface area contributed by atoms with Gasteiger partial charge >= 0.3 is 6.09 Å². The first-order valence-corrected chi connectivity index (χ1v) is 7.18. The lowest BCUT2D eigenvalue weighted by molar-refractivity contribution is 0.0834. The third kappa shape index (κ3) is 4.51. The molecule has 1 aliphatic rings. The van der Waals surface area contributed by atoms with Crippen LogP contribution < -0.4 is 11.1 Å². The van der Waals surface area contributed by atoms with Gasteiger partial charge in [0.2, 0.25) is 0 Å². The average molecular weight is 277 g/mol. The number of rotatable bonds is 5. The Morgan fingerprint density at radius 3 is 2.95 bits per heavy atom. The van der Waals surface area contributed by atoms with Crippen LogP contribution in [0.3, 0.4) is 0 Å². The van der Waals surface area contributed by atoms with Gasteiger partial charge in [0.25, 0.3) is 0 Å². The van der Waals surface area contributed by atoms with Crippen molar-refractivity contribution in [3.05, 3.63) is 35.9 Å². The van der Waals surface area contributed by atoms with E-state index in [1.807, 2.05) is 30.3 Å². The quantitative estimate of drug-likeness (QED) is 0.852. The second-order valence-corrected chi connectivity index (χ2v) is 5.07. The average Bonchev–Trinajstić information content (AvgIpc) is 2.52. The fourth-order valence-corrected chi connectivity index (χ4v) is 2.41. The smallest absolute Gasteiger partial charge is 0.410 e. The van der Waals surface area contributed by atoms with Gasteiger partial charge in [-0.15, -0.1) is 0 Å². The highest BCUT2D eigenvalue weighted by Gasteiger charge is 2.24. The van der Waals surface area contributed by atoms with Gasteiger partial charge in [-0.1, -0.05) is 30.3 Å². The first-order chi connectivity index (χ1) is 9.79. The highest BCUT2D eigenvalue weighted by molar-refractivity contribution is 5.67. The molecule has 0 aliphatic carbocycles. The number of carbonyl (C=O) groups is 1. The molecule has 3 N–H and O–H groups in total. The molecule has 1 aromatic rings. The maximum Gasteiger partial charge on any atom is 0.410 e. The summed E-state index contributed by atoms with van der Waals surface area (Å²) in [5.74, 6) is 0. The van der Waals surface area contributed by atoms with Gasteiger partial charge in [0.15, 0.2) is 0 Å². The first kappa shape index (κ1) is 14.8. The molecule has 0 spiro atoms. The molecule has 0 saturated carbocycles. The Morgan fingerprint density at radius 2 is 2.20 bits per heavy atom. The van der Waals surface area contributed by atoms with Gasteiger partial charge in [-0.05, 0) is 18.4 Å². The largest absolute Gasteiger partial charge is 0.445 e. The molecule has 5 nitrogen and oxygen atoms in total. The van der Waals surface area contributed by atoms with Gasteiger partial charge in [-0.3, -0.25) is 0 Å². The number of carbonyl (C=O) groups excluding carboxylic acids is 1. The van der Waals surface area contributed by atoms with E-state index in [9.17, 15) is 4.79 Å². The molecule has 20 heavy (non-hydrogen) atoms. The molecule has 1 heterocycles. The molecule has 1 aromatic carbocycles. The van der Waals surface area contributed by atoms with Gasteiger partial charge < -0.3 is 20.7 Å². The van der Waals surface area contributed by atoms with Crippen molar-refractivity contribution in [2.75, 3.05) is 26.2 Å². The predicted molar refractivity (Wildman–Crippen MR) is 78.3 cm³/mol. The molecule has 1 saturated heterocycles. The summed E-state index contributed by atoms with van der Waals surface area (Å²) >= 11 is 0. The van der Waals surface area contributed by atoms with Crippen molar-refractivity contribution in [3.8, 4) is 0 Å². The van der Waals surface area contributed by atoms with Crippen LogP contribution in [0.2, 0.25) is 0 Å². The summed E-state index contributed by atoms with van der Waals surface area (Å²) in [7, 11) is 0. The molecule has 110 valence electrons. The van der Waals surface area contributed by atoms with Gasteiger partial charge in [0.05, 0.1) is 0 Å². The SMILES string of the molecule is NCCNC1CCCN(C(=O)OCc2ccccc2)C1. The highest BCUT2D eigenvalue weighted by Crippen LogP contribution is 2.12. The summed E-state index contributed by atoms with van der Waals surface area (Å²) in [6.45, 7) is 3.21. The van der Waals surface area contributed by atoms with E-state index in [4.69, 9.17) is 10.5 Å². The van der Waals surface area contributed by atoms with Gasteiger partial charge in [0.1, 0.15) is 6.61 Å². The van der Waals surface area contributed by atoms with E-state index in [1.54, 1.807) is 4.90 Å². The maximum absolute atomic E-state index is 12.0. The Balaban J connectivity index is 1.77. The minimum Gasteiger partial charge on any atom is -0.445 e. The molecule has 1 amide bonds. The second-order valence-electron chi connectivity index (χ2n) is 5.07. The molecule has 0 radical (unpaired) electrons. The van der Waals surface area contributed by atoms with Crippen molar-refractivity contribution >= 4 is 6.09 Å². The van der Waals surface area contributed by atoms with Crippen LogP contribution in [0.5, 0.6) is 0 Å². The van der Waals surface area contributed by atoms with Crippen LogP contribution in [0.1, 0.15) is 18.4 Å². The lowest BCUT2D eigenvalue weighted by Crippen LogP contribution is -2.49. The molecule has 1 atom stereocenters. The predicted octanol–water partition coefficient (Wildman–Crippen LogP) is 1.34. The summed E-state index contributed by atoms with van der Waals surface area (Å²) in [5, 5.41) is 3.36. The van der Waals surface area contributed by atoms with E-state index >= 15 is 0 Å². The normalized spacial score (nSPS) is 18.9. The standard InChI is InChI=1S/C15H23N3O2/c16-8-9-17-14-7-4-10-18(11-14)15(19)20-12-13-5-2-1-3-6-13/h1-3,5-6,14,17H,4,7-12,16H2. The lowest BCUT2D eigenvalue weighted by atomic mass is 10.1. The molecular weight excluding hydrogens is 254 g/mol. The number of hydrogen-bond donors (Lipinski definition) is 2. The lowest BCUT2D eigenvalue weighted by Gasteiger charge is -2.32. The Kier molecular flexibility index (Phi) is 5.83. The van der Waals surface area contributed by atoms with E-state index in [0.717, 1.165) is 31.5 Å².